The quantitative estimate of drug-likeness (QED) is 0.771. The van der Waals surface area contributed by atoms with E-state index in [4.69, 9.17) is 0 Å². The minimum atomic E-state index is 0.623. The van der Waals surface area contributed by atoms with Crippen molar-refractivity contribution in [3.8, 4) is 0 Å². The van der Waals surface area contributed by atoms with Crippen molar-refractivity contribution in [2.45, 2.75) is 38.3 Å². The van der Waals surface area contributed by atoms with E-state index in [1.165, 1.54) is 30.8 Å². The van der Waals surface area contributed by atoms with Gasteiger partial charge in [0, 0.05) is 30.9 Å². The fourth-order valence-electron chi connectivity index (χ4n) is 3.24. The number of hydrogen-bond acceptors (Lipinski definition) is 2. The second-order valence-electron chi connectivity index (χ2n) is 5.88. The molecule has 0 aromatic heterocycles. The lowest BCUT2D eigenvalue weighted by Gasteiger charge is -2.34. The molecule has 0 aliphatic carbocycles. The molecule has 2 unspecified atom stereocenters. The number of likely N-dealkylation sites (N-methyl/N-ethyl adjacent to an activating group) is 1. The van der Waals surface area contributed by atoms with Gasteiger partial charge in [0.05, 0.1) is 0 Å². The number of rotatable bonds is 2. The normalized spacial score (nSPS) is 28.4. The summed E-state index contributed by atoms with van der Waals surface area (Å²) in [6.07, 6.45) is 1.35. The summed E-state index contributed by atoms with van der Waals surface area (Å²) < 4.78 is 0. The third-order valence-corrected chi connectivity index (χ3v) is 4.38. The van der Waals surface area contributed by atoms with Crippen LogP contribution in [-0.4, -0.2) is 37.1 Å². The van der Waals surface area contributed by atoms with Gasteiger partial charge in [-0.3, -0.25) is 4.90 Å². The molecule has 2 atom stereocenters. The molecule has 2 heteroatoms. The summed E-state index contributed by atoms with van der Waals surface area (Å²) in [5.74, 6) is 0.623. The summed E-state index contributed by atoms with van der Waals surface area (Å²) in [6.45, 7) is 6.98. The lowest BCUT2D eigenvalue weighted by atomic mass is 10.0. The van der Waals surface area contributed by atoms with Crippen molar-refractivity contribution in [2.75, 3.05) is 25.0 Å². The SMILES string of the molecule is CC(C)c1cccc(N2CC3CC2CN3C)c1. The fourth-order valence-corrected chi connectivity index (χ4v) is 3.24. The van der Waals surface area contributed by atoms with Crippen LogP contribution in [0.3, 0.4) is 0 Å². The highest BCUT2D eigenvalue weighted by atomic mass is 15.3. The predicted octanol–water partition coefficient (Wildman–Crippen LogP) is 2.70. The van der Waals surface area contributed by atoms with Crippen LogP contribution >= 0.6 is 0 Å². The summed E-state index contributed by atoms with van der Waals surface area (Å²) in [5, 5.41) is 0. The third kappa shape index (κ3) is 1.85. The van der Waals surface area contributed by atoms with Gasteiger partial charge >= 0.3 is 0 Å². The Bertz CT molecular complexity index is 411. The van der Waals surface area contributed by atoms with E-state index in [-0.39, 0.29) is 0 Å². The molecule has 2 aliphatic heterocycles. The molecule has 0 N–H and O–H groups in total. The molecule has 2 fully saturated rings. The smallest absolute Gasteiger partial charge is 0.0433 e. The number of piperazine rings is 1. The van der Waals surface area contributed by atoms with Gasteiger partial charge in [-0.2, -0.15) is 0 Å². The lowest BCUT2D eigenvalue weighted by molar-refractivity contribution is 0.292. The molecule has 2 nitrogen and oxygen atoms in total. The van der Waals surface area contributed by atoms with Crippen LogP contribution in [0.2, 0.25) is 0 Å². The van der Waals surface area contributed by atoms with Gasteiger partial charge in [-0.15, -0.1) is 0 Å². The number of likely N-dealkylation sites (tertiary alicyclic amines) is 1. The van der Waals surface area contributed by atoms with Crippen LogP contribution in [0.25, 0.3) is 0 Å². The zero-order valence-electron chi connectivity index (χ0n) is 11.1. The Balaban J connectivity index is 1.84. The minimum Gasteiger partial charge on any atom is -0.366 e. The summed E-state index contributed by atoms with van der Waals surface area (Å²) in [6, 6.07) is 10.6. The number of benzene rings is 1. The number of fused-ring (bicyclic) bond motifs is 2. The highest BCUT2D eigenvalue weighted by Gasteiger charge is 2.41. The van der Waals surface area contributed by atoms with Crippen LogP contribution in [0.15, 0.2) is 24.3 Å². The highest BCUT2D eigenvalue weighted by Crippen LogP contribution is 2.34. The van der Waals surface area contributed by atoms with E-state index in [1.807, 2.05) is 0 Å². The van der Waals surface area contributed by atoms with Crippen molar-refractivity contribution in [3.05, 3.63) is 29.8 Å². The molecule has 2 aliphatic rings. The Morgan fingerprint density at radius 3 is 2.59 bits per heavy atom. The molecule has 2 bridgehead atoms. The average molecular weight is 230 g/mol. The van der Waals surface area contributed by atoms with Crippen molar-refractivity contribution < 1.29 is 0 Å². The largest absolute Gasteiger partial charge is 0.366 e. The topological polar surface area (TPSA) is 6.48 Å². The molecule has 0 radical (unpaired) electrons. The van der Waals surface area contributed by atoms with E-state index in [0.717, 1.165) is 12.1 Å². The van der Waals surface area contributed by atoms with Gasteiger partial charge in [0.25, 0.3) is 0 Å². The minimum absolute atomic E-state index is 0.623. The Morgan fingerprint density at radius 1 is 1.18 bits per heavy atom. The number of hydrogen-bond donors (Lipinski definition) is 0. The van der Waals surface area contributed by atoms with Gasteiger partial charge < -0.3 is 4.90 Å². The number of anilines is 1. The van der Waals surface area contributed by atoms with E-state index in [2.05, 4.69) is 55.0 Å². The van der Waals surface area contributed by atoms with Gasteiger partial charge in [0.15, 0.2) is 0 Å². The first-order valence-corrected chi connectivity index (χ1v) is 6.72. The summed E-state index contributed by atoms with van der Waals surface area (Å²) in [7, 11) is 2.26. The molecule has 0 amide bonds. The Labute approximate surface area is 104 Å². The second kappa shape index (κ2) is 4.02. The van der Waals surface area contributed by atoms with Gasteiger partial charge in [0.2, 0.25) is 0 Å². The predicted molar refractivity (Wildman–Crippen MR) is 72.7 cm³/mol. The molecule has 17 heavy (non-hydrogen) atoms. The standard InChI is InChI=1S/C15H22N2/c1-11(2)12-5-4-6-13(7-12)17-10-14-8-15(17)9-16(14)3/h4-7,11,14-15H,8-10H2,1-3H3. The summed E-state index contributed by atoms with van der Waals surface area (Å²) >= 11 is 0. The monoisotopic (exact) mass is 230 g/mol. The Hall–Kier alpha value is -1.02. The third-order valence-electron chi connectivity index (χ3n) is 4.38. The lowest BCUT2D eigenvalue weighted by Crippen LogP contribution is -2.44. The number of nitrogens with zero attached hydrogens (tertiary/aromatic N) is 2. The molecule has 1 aromatic rings. The maximum absolute atomic E-state index is 2.61. The Morgan fingerprint density at radius 2 is 2.00 bits per heavy atom. The van der Waals surface area contributed by atoms with Crippen LogP contribution in [0, 0.1) is 0 Å². The summed E-state index contributed by atoms with van der Waals surface area (Å²) in [5.41, 5.74) is 2.88. The maximum atomic E-state index is 2.61. The zero-order chi connectivity index (χ0) is 12.0. The molecule has 0 saturated carbocycles. The molecular weight excluding hydrogens is 208 g/mol. The van der Waals surface area contributed by atoms with Gasteiger partial charge in [-0.05, 0) is 37.1 Å². The molecule has 1 aromatic carbocycles. The Kier molecular flexibility index (Phi) is 2.62. The van der Waals surface area contributed by atoms with Gasteiger partial charge in [-0.1, -0.05) is 26.0 Å². The van der Waals surface area contributed by atoms with Crippen LogP contribution in [-0.2, 0) is 0 Å². The molecule has 0 spiro atoms. The first-order valence-electron chi connectivity index (χ1n) is 6.72. The van der Waals surface area contributed by atoms with Gasteiger partial charge in [-0.25, -0.2) is 0 Å². The van der Waals surface area contributed by atoms with Crippen molar-refractivity contribution >= 4 is 5.69 Å². The van der Waals surface area contributed by atoms with Crippen molar-refractivity contribution in [3.63, 3.8) is 0 Å². The van der Waals surface area contributed by atoms with E-state index in [1.54, 1.807) is 0 Å². The first-order chi connectivity index (χ1) is 8.15. The van der Waals surface area contributed by atoms with E-state index in [9.17, 15) is 0 Å². The van der Waals surface area contributed by atoms with Crippen molar-refractivity contribution in [1.29, 1.82) is 0 Å². The summed E-state index contributed by atoms with van der Waals surface area (Å²) in [4.78, 5) is 5.12. The molecule has 2 saturated heterocycles. The van der Waals surface area contributed by atoms with E-state index in [0.29, 0.717) is 5.92 Å². The second-order valence-corrected chi connectivity index (χ2v) is 5.88. The zero-order valence-corrected chi connectivity index (χ0v) is 11.1. The maximum Gasteiger partial charge on any atom is 0.0433 e. The van der Waals surface area contributed by atoms with Crippen molar-refractivity contribution in [2.24, 2.45) is 0 Å². The average Bonchev–Trinajstić information content (AvgIpc) is 2.87. The molecular formula is C15H22N2. The van der Waals surface area contributed by atoms with E-state index >= 15 is 0 Å². The van der Waals surface area contributed by atoms with E-state index < -0.39 is 0 Å². The van der Waals surface area contributed by atoms with Crippen LogP contribution in [0.5, 0.6) is 0 Å². The molecule has 92 valence electrons. The molecule has 3 rings (SSSR count). The van der Waals surface area contributed by atoms with Gasteiger partial charge in [0.1, 0.15) is 0 Å². The fraction of sp³-hybridized carbons (Fsp3) is 0.600. The molecule has 2 heterocycles. The van der Waals surface area contributed by atoms with Crippen LogP contribution in [0.1, 0.15) is 31.7 Å². The van der Waals surface area contributed by atoms with Crippen LogP contribution in [0.4, 0.5) is 5.69 Å². The van der Waals surface area contributed by atoms with Crippen LogP contribution < -0.4 is 4.90 Å². The van der Waals surface area contributed by atoms with Crippen molar-refractivity contribution in [1.82, 2.24) is 4.90 Å². The first kappa shape index (κ1) is 11.1. The highest BCUT2D eigenvalue weighted by molar-refractivity contribution is 5.52.